The molecule has 0 aliphatic heterocycles. The molecule has 2 N–H and O–H groups in total. The second-order valence-corrected chi connectivity index (χ2v) is 6.33. The highest BCUT2D eigenvalue weighted by Crippen LogP contribution is 2.28. The van der Waals surface area contributed by atoms with Gasteiger partial charge < -0.3 is 10.6 Å². The molecule has 0 fully saturated rings. The fraction of sp³-hybridized carbons (Fsp3) is 0.733. The lowest BCUT2D eigenvalue weighted by molar-refractivity contribution is 0.608. The van der Waals surface area contributed by atoms with E-state index >= 15 is 0 Å². The minimum atomic E-state index is 1.06. The van der Waals surface area contributed by atoms with E-state index in [2.05, 4.69) is 23.6 Å². The molecule has 1 aromatic rings. The van der Waals surface area contributed by atoms with E-state index in [0.717, 1.165) is 26.2 Å². The maximum Gasteiger partial charge on any atom is 0.0299 e. The Labute approximate surface area is 115 Å². The van der Waals surface area contributed by atoms with Gasteiger partial charge in [-0.15, -0.1) is 11.3 Å². The van der Waals surface area contributed by atoms with E-state index in [1.54, 1.807) is 10.4 Å². The van der Waals surface area contributed by atoms with E-state index in [1.165, 1.54) is 43.4 Å². The lowest BCUT2D eigenvalue weighted by Crippen LogP contribution is -2.21. The second-order valence-electron chi connectivity index (χ2n) is 5.11. The van der Waals surface area contributed by atoms with E-state index < -0.39 is 0 Å². The van der Waals surface area contributed by atoms with Crippen molar-refractivity contribution in [1.82, 2.24) is 10.6 Å². The molecule has 1 aliphatic rings. The Morgan fingerprint density at radius 1 is 1.11 bits per heavy atom. The van der Waals surface area contributed by atoms with Gasteiger partial charge in [-0.1, -0.05) is 13.3 Å². The summed E-state index contributed by atoms with van der Waals surface area (Å²) in [7, 11) is 0. The molecule has 1 aromatic heterocycles. The molecule has 102 valence electrons. The minimum absolute atomic E-state index is 1.06. The van der Waals surface area contributed by atoms with Gasteiger partial charge in [0.1, 0.15) is 0 Å². The first-order chi connectivity index (χ1) is 8.90. The van der Waals surface area contributed by atoms with Crippen molar-refractivity contribution >= 4 is 11.3 Å². The minimum Gasteiger partial charge on any atom is -0.317 e. The lowest BCUT2D eigenvalue weighted by Gasteiger charge is -2.03. The molecule has 2 nitrogen and oxygen atoms in total. The van der Waals surface area contributed by atoms with Crippen molar-refractivity contribution in [3.63, 3.8) is 0 Å². The summed E-state index contributed by atoms with van der Waals surface area (Å²) < 4.78 is 0. The van der Waals surface area contributed by atoms with Crippen LogP contribution in [0, 0.1) is 0 Å². The number of aryl methyl sites for hydroxylation is 2. The quantitative estimate of drug-likeness (QED) is 0.585. The van der Waals surface area contributed by atoms with Crippen LogP contribution < -0.4 is 10.6 Å². The predicted molar refractivity (Wildman–Crippen MR) is 80.4 cm³/mol. The van der Waals surface area contributed by atoms with Gasteiger partial charge in [0, 0.05) is 16.3 Å². The third-order valence-corrected chi connectivity index (χ3v) is 4.79. The van der Waals surface area contributed by atoms with Gasteiger partial charge in [-0.05, 0) is 63.4 Å². The molecule has 18 heavy (non-hydrogen) atoms. The lowest BCUT2D eigenvalue weighted by atomic mass is 10.1. The Hall–Kier alpha value is -0.380. The second kappa shape index (κ2) is 7.93. The van der Waals surface area contributed by atoms with E-state index in [4.69, 9.17) is 0 Å². The average molecular weight is 266 g/mol. The highest BCUT2D eigenvalue weighted by Gasteiger charge is 2.11. The van der Waals surface area contributed by atoms with Crippen molar-refractivity contribution in [2.24, 2.45) is 0 Å². The molecule has 2 rings (SSSR count). The highest BCUT2D eigenvalue weighted by atomic mass is 32.1. The molecule has 0 amide bonds. The van der Waals surface area contributed by atoms with Crippen molar-refractivity contribution in [3.05, 3.63) is 21.4 Å². The fourth-order valence-electron chi connectivity index (χ4n) is 2.54. The van der Waals surface area contributed by atoms with Crippen LogP contribution in [0.1, 0.15) is 47.9 Å². The largest absolute Gasteiger partial charge is 0.317 e. The SMILES string of the molecule is CCNCCCNCc1cc2c(s1)CCCCC2. The number of fused-ring (bicyclic) bond motifs is 1. The van der Waals surface area contributed by atoms with Crippen molar-refractivity contribution in [2.75, 3.05) is 19.6 Å². The van der Waals surface area contributed by atoms with Gasteiger partial charge in [0.25, 0.3) is 0 Å². The molecular weight excluding hydrogens is 240 g/mol. The van der Waals surface area contributed by atoms with Crippen LogP contribution in [-0.4, -0.2) is 19.6 Å². The average Bonchev–Trinajstić information content (AvgIpc) is 2.64. The molecule has 0 spiro atoms. The smallest absolute Gasteiger partial charge is 0.0299 e. The number of hydrogen-bond donors (Lipinski definition) is 2. The van der Waals surface area contributed by atoms with Gasteiger partial charge in [-0.2, -0.15) is 0 Å². The summed E-state index contributed by atoms with van der Waals surface area (Å²) in [4.78, 5) is 3.20. The van der Waals surface area contributed by atoms with E-state index in [0.29, 0.717) is 0 Å². The number of thiophene rings is 1. The fourth-order valence-corrected chi connectivity index (χ4v) is 3.77. The molecule has 0 bridgehead atoms. The maximum atomic E-state index is 3.56. The van der Waals surface area contributed by atoms with Crippen molar-refractivity contribution in [2.45, 2.75) is 52.0 Å². The highest BCUT2D eigenvalue weighted by molar-refractivity contribution is 7.12. The molecule has 0 aromatic carbocycles. The third-order valence-electron chi connectivity index (χ3n) is 3.55. The summed E-state index contributed by atoms with van der Waals surface area (Å²) in [5, 5.41) is 6.91. The van der Waals surface area contributed by atoms with Gasteiger partial charge >= 0.3 is 0 Å². The van der Waals surface area contributed by atoms with Gasteiger partial charge in [0.05, 0.1) is 0 Å². The standard InChI is InChI=1S/C15H26N2S/c1-2-16-9-6-10-17-12-14-11-13-7-4-3-5-8-15(13)18-14/h11,16-17H,2-10,12H2,1H3. The summed E-state index contributed by atoms with van der Waals surface area (Å²) in [6, 6.07) is 2.45. The van der Waals surface area contributed by atoms with Gasteiger partial charge in [0.15, 0.2) is 0 Å². The zero-order valence-corrected chi connectivity index (χ0v) is 12.4. The molecule has 0 saturated carbocycles. The van der Waals surface area contributed by atoms with Crippen LogP contribution in [-0.2, 0) is 19.4 Å². The number of hydrogen-bond acceptors (Lipinski definition) is 3. The number of nitrogens with one attached hydrogen (secondary N) is 2. The van der Waals surface area contributed by atoms with Crippen LogP contribution in [0.4, 0.5) is 0 Å². The van der Waals surface area contributed by atoms with Crippen molar-refractivity contribution in [3.8, 4) is 0 Å². The molecule has 1 aliphatic carbocycles. The van der Waals surface area contributed by atoms with Crippen LogP contribution in [0.25, 0.3) is 0 Å². The predicted octanol–water partition coefficient (Wildman–Crippen LogP) is 3.11. The van der Waals surface area contributed by atoms with Gasteiger partial charge in [-0.3, -0.25) is 0 Å². The van der Waals surface area contributed by atoms with Crippen LogP contribution in [0.3, 0.4) is 0 Å². The summed E-state index contributed by atoms with van der Waals surface area (Å²) in [6.07, 6.45) is 8.05. The zero-order chi connectivity index (χ0) is 12.6. The summed E-state index contributed by atoms with van der Waals surface area (Å²) >= 11 is 2.04. The monoisotopic (exact) mass is 266 g/mol. The van der Waals surface area contributed by atoms with Crippen LogP contribution in [0.5, 0.6) is 0 Å². The van der Waals surface area contributed by atoms with Crippen LogP contribution in [0.2, 0.25) is 0 Å². The first kappa shape index (κ1) is 14.0. The maximum absolute atomic E-state index is 3.56. The van der Waals surface area contributed by atoms with Crippen molar-refractivity contribution < 1.29 is 0 Å². The van der Waals surface area contributed by atoms with Crippen LogP contribution >= 0.6 is 11.3 Å². The first-order valence-electron chi connectivity index (χ1n) is 7.42. The Balaban J connectivity index is 1.70. The van der Waals surface area contributed by atoms with Crippen molar-refractivity contribution in [1.29, 1.82) is 0 Å². The zero-order valence-electron chi connectivity index (χ0n) is 11.6. The van der Waals surface area contributed by atoms with E-state index in [9.17, 15) is 0 Å². The Morgan fingerprint density at radius 2 is 1.94 bits per heavy atom. The van der Waals surface area contributed by atoms with Crippen LogP contribution in [0.15, 0.2) is 6.07 Å². The normalized spacial score (nSPS) is 15.4. The van der Waals surface area contributed by atoms with E-state index in [1.807, 2.05) is 11.3 Å². The summed E-state index contributed by atoms with van der Waals surface area (Å²) in [6.45, 7) is 6.55. The third kappa shape index (κ3) is 4.38. The van der Waals surface area contributed by atoms with Gasteiger partial charge in [0.2, 0.25) is 0 Å². The molecular formula is C15H26N2S. The Kier molecular flexibility index (Phi) is 6.18. The number of rotatable bonds is 7. The molecule has 0 saturated heterocycles. The Morgan fingerprint density at radius 3 is 2.83 bits per heavy atom. The molecule has 0 radical (unpaired) electrons. The topological polar surface area (TPSA) is 24.1 Å². The molecule has 1 heterocycles. The summed E-state index contributed by atoms with van der Waals surface area (Å²) in [5.74, 6) is 0. The molecule has 3 heteroatoms. The Bertz CT molecular complexity index is 323. The summed E-state index contributed by atoms with van der Waals surface area (Å²) in [5.41, 5.74) is 1.64. The van der Waals surface area contributed by atoms with Gasteiger partial charge in [-0.25, -0.2) is 0 Å². The van der Waals surface area contributed by atoms with E-state index in [-0.39, 0.29) is 0 Å². The molecule has 0 unspecified atom stereocenters. The first-order valence-corrected chi connectivity index (χ1v) is 8.23. The molecule has 0 atom stereocenters.